The van der Waals surface area contributed by atoms with Crippen molar-refractivity contribution in [3.05, 3.63) is 30.1 Å². The van der Waals surface area contributed by atoms with Crippen molar-refractivity contribution in [2.45, 2.75) is 6.42 Å². The summed E-state index contributed by atoms with van der Waals surface area (Å²) in [6.45, 7) is 0. The summed E-state index contributed by atoms with van der Waals surface area (Å²) in [6.07, 6.45) is 3.56. The third-order valence-corrected chi connectivity index (χ3v) is 1.58. The Kier molecular flexibility index (Phi) is 1.59. The molecule has 2 rings (SSSR count). The first-order valence-corrected chi connectivity index (χ1v) is 3.53. The fraction of sp³-hybridized carbons (Fsp3) is 0.125. The highest BCUT2D eigenvalue weighted by Crippen LogP contribution is 2.10. The summed E-state index contributed by atoms with van der Waals surface area (Å²) >= 11 is 0. The molecule has 0 aliphatic carbocycles. The summed E-state index contributed by atoms with van der Waals surface area (Å²) in [5.74, 6) is -0.304. The van der Waals surface area contributed by atoms with E-state index in [-0.39, 0.29) is 12.4 Å². The highest BCUT2D eigenvalue weighted by molar-refractivity contribution is 6.11. The van der Waals surface area contributed by atoms with Crippen LogP contribution in [0.1, 0.15) is 12.0 Å². The Bertz CT molecular complexity index is 332. The number of hydrogen-bond acceptors (Lipinski definition) is 4. The summed E-state index contributed by atoms with van der Waals surface area (Å²) in [7, 11) is 0. The Morgan fingerprint density at radius 3 is 2.67 bits per heavy atom. The highest BCUT2D eigenvalue weighted by atomic mass is 16.7. The summed E-state index contributed by atoms with van der Waals surface area (Å²) in [5, 5.41) is 3.63. The average Bonchev–Trinajstić information content (AvgIpc) is 2.54. The van der Waals surface area contributed by atoms with Gasteiger partial charge in [-0.1, -0.05) is 5.16 Å². The van der Waals surface area contributed by atoms with Gasteiger partial charge >= 0.3 is 5.97 Å². The van der Waals surface area contributed by atoms with E-state index in [0.29, 0.717) is 5.71 Å². The minimum Gasteiger partial charge on any atom is -0.318 e. The van der Waals surface area contributed by atoms with Crippen LogP contribution in [0.15, 0.2) is 29.7 Å². The predicted molar refractivity (Wildman–Crippen MR) is 41.5 cm³/mol. The number of hydrogen-bond donors (Lipinski definition) is 0. The second kappa shape index (κ2) is 2.73. The standard InChI is InChI=1S/C8H6N2O2/c11-8-5-7(10-12-8)6-1-3-9-4-2-6/h1-4H,5H2. The topological polar surface area (TPSA) is 51.5 Å². The quantitative estimate of drug-likeness (QED) is 0.572. The average molecular weight is 162 g/mol. The maximum absolute atomic E-state index is 10.7. The number of pyridine rings is 1. The van der Waals surface area contributed by atoms with Crippen LogP contribution >= 0.6 is 0 Å². The maximum atomic E-state index is 10.7. The van der Waals surface area contributed by atoms with Crippen LogP contribution in [0, 0.1) is 0 Å². The van der Waals surface area contributed by atoms with E-state index in [1.807, 2.05) is 0 Å². The van der Waals surface area contributed by atoms with Crippen LogP contribution in [0.2, 0.25) is 0 Å². The lowest BCUT2D eigenvalue weighted by Gasteiger charge is -1.93. The first-order chi connectivity index (χ1) is 5.86. The van der Waals surface area contributed by atoms with Gasteiger partial charge in [-0.3, -0.25) is 4.98 Å². The Hall–Kier alpha value is -1.71. The van der Waals surface area contributed by atoms with Gasteiger partial charge in [-0.15, -0.1) is 0 Å². The van der Waals surface area contributed by atoms with Crippen molar-refractivity contribution in [2.75, 3.05) is 0 Å². The molecule has 1 aromatic heterocycles. The van der Waals surface area contributed by atoms with E-state index >= 15 is 0 Å². The molecule has 0 spiro atoms. The first kappa shape index (κ1) is 6.97. The molecule has 0 amide bonds. The van der Waals surface area contributed by atoms with Crippen LogP contribution in [0.3, 0.4) is 0 Å². The van der Waals surface area contributed by atoms with Gasteiger partial charge in [0.05, 0.1) is 12.1 Å². The lowest BCUT2D eigenvalue weighted by Crippen LogP contribution is -2.00. The van der Waals surface area contributed by atoms with Gasteiger partial charge in [0.2, 0.25) is 0 Å². The SMILES string of the molecule is O=C1CC(c2ccncc2)=NO1. The number of rotatable bonds is 1. The lowest BCUT2D eigenvalue weighted by atomic mass is 10.1. The first-order valence-electron chi connectivity index (χ1n) is 3.53. The molecule has 0 bridgehead atoms. The molecule has 1 aliphatic rings. The number of nitrogens with zero attached hydrogens (tertiary/aromatic N) is 2. The van der Waals surface area contributed by atoms with E-state index in [9.17, 15) is 4.79 Å². The van der Waals surface area contributed by atoms with E-state index < -0.39 is 0 Å². The number of oxime groups is 1. The molecular weight excluding hydrogens is 156 g/mol. The molecule has 0 saturated heterocycles. The van der Waals surface area contributed by atoms with Gasteiger partial charge in [0, 0.05) is 18.0 Å². The summed E-state index contributed by atoms with van der Waals surface area (Å²) in [4.78, 5) is 19.0. The molecule has 1 aromatic rings. The molecule has 0 N–H and O–H groups in total. The van der Waals surface area contributed by atoms with Gasteiger partial charge in [-0.05, 0) is 12.1 Å². The van der Waals surface area contributed by atoms with Crippen LogP contribution in [-0.4, -0.2) is 16.7 Å². The Morgan fingerprint density at radius 2 is 2.08 bits per heavy atom. The summed E-state index contributed by atoms with van der Waals surface area (Å²) in [6, 6.07) is 3.58. The van der Waals surface area contributed by atoms with Crippen molar-refractivity contribution in [1.29, 1.82) is 0 Å². The zero-order valence-electron chi connectivity index (χ0n) is 6.23. The second-order valence-corrected chi connectivity index (χ2v) is 2.41. The van der Waals surface area contributed by atoms with Gasteiger partial charge in [0.25, 0.3) is 0 Å². The van der Waals surface area contributed by atoms with E-state index in [4.69, 9.17) is 0 Å². The zero-order valence-corrected chi connectivity index (χ0v) is 6.23. The van der Waals surface area contributed by atoms with Crippen LogP contribution in [0.5, 0.6) is 0 Å². The molecule has 0 fully saturated rings. The number of carbonyl (C=O) groups excluding carboxylic acids is 1. The molecule has 1 aliphatic heterocycles. The fourth-order valence-electron chi connectivity index (χ4n) is 1.01. The number of aromatic nitrogens is 1. The van der Waals surface area contributed by atoms with Gasteiger partial charge in [-0.25, -0.2) is 4.79 Å². The second-order valence-electron chi connectivity index (χ2n) is 2.41. The molecule has 0 unspecified atom stereocenters. The van der Waals surface area contributed by atoms with Crippen molar-refractivity contribution < 1.29 is 9.63 Å². The van der Waals surface area contributed by atoms with Crippen molar-refractivity contribution in [3.8, 4) is 0 Å². The Balaban J connectivity index is 2.28. The molecule has 12 heavy (non-hydrogen) atoms. The molecule has 2 heterocycles. The number of carbonyl (C=O) groups is 1. The third-order valence-electron chi connectivity index (χ3n) is 1.58. The predicted octanol–water partition coefficient (Wildman–Crippen LogP) is 0.733. The molecule has 60 valence electrons. The van der Waals surface area contributed by atoms with Crippen molar-refractivity contribution in [2.24, 2.45) is 5.16 Å². The van der Waals surface area contributed by atoms with E-state index in [1.165, 1.54) is 0 Å². The Morgan fingerprint density at radius 1 is 1.33 bits per heavy atom. The van der Waals surface area contributed by atoms with Crippen molar-refractivity contribution >= 4 is 11.7 Å². The van der Waals surface area contributed by atoms with Gasteiger partial charge < -0.3 is 4.84 Å². The minimum atomic E-state index is -0.304. The fourth-order valence-corrected chi connectivity index (χ4v) is 1.01. The van der Waals surface area contributed by atoms with E-state index in [0.717, 1.165) is 5.56 Å². The van der Waals surface area contributed by atoms with E-state index in [2.05, 4.69) is 15.0 Å². The largest absolute Gasteiger partial charge is 0.341 e. The molecule has 0 saturated carbocycles. The molecule has 0 radical (unpaired) electrons. The van der Waals surface area contributed by atoms with Gasteiger partial charge in [0.1, 0.15) is 0 Å². The van der Waals surface area contributed by atoms with Crippen molar-refractivity contribution in [1.82, 2.24) is 4.98 Å². The molecule has 0 aromatic carbocycles. The highest BCUT2D eigenvalue weighted by Gasteiger charge is 2.18. The molecule has 0 atom stereocenters. The van der Waals surface area contributed by atoms with Gasteiger partial charge in [0.15, 0.2) is 0 Å². The Labute approximate surface area is 68.9 Å². The van der Waals surface area contributed by atoms with E-state index in [1.54, 1.807) is 24.5 Å². The van der Waals surface area contributed by atoms with Crippen molar-refractivity contribution in [3.63, 3.8) is 0 Å². The third kappa shape index (κ3) is 1.18. The maximum Gasteiger partial charge on any atom is 0.341 e. The molecule has 4 nitrogen and oxygen atoms in total. The smallest absolute Gasteiger partial charge is 0.318 e. The summed E-state index contributed by atoms with van der Waals surface area (Å²) in [5.41, 5.74) is 1.55. The molecule has 4 heteroatoms. The van der Waals surface area contributed by atoms with Crippen LogP contribution in [0.4, 0.5) is 0 Å². The normalized spacial score (nSPS) is 15.7. The minimum absolute atomic E-state index is 0.254. The summed E-state index contributed by atoms with van der Waals surface area (Å²) < 4.78 is 0. The van der Waals surface area contributed by atoms with Crippen LogP contribution in [-0.2, 0) is 9.63 Å². The monoisotopic (exact) mass is 162 g/mol. The molecular formula is C8H6N2O2. The lowest BCUT2D eigenvalue weighted by molar-refractivity contribution is -0.140. The van der Waals surface area contributed by atoms with Crippen LogP contribution < -0.4 is 0 Å². The van der Waals surface area contributed by atoms with Gasteiger partial charge in [-0.2, -0.15) is 0 Å². The zero-order chi connectivity index (χ0) is 8.39. The van der Waals surface area contributed by atoms with Crippen LogP contribution in [0.25, 0.3) is 0 Å².